The van der Waals surface area contributed by atoms with E-state index in [0.717, 1.165) is 38.6 Å². The summed E-state index contributed by atoms with van der Waals surface area (Å²) in [4.78, 5) is 24.0. The summed E-state index contributed by atoms with van der Waals surface area (Å²) >= 11 is 0. The average Bonchev–Trinajstić information content (AvgIpc) is 2.52. The van der Waals surface area contributed by atoms with Gasteiger partial charge in [-0.2, -0.15) is 0 Å². The third kappa shape index (κ3) is 4.73. The number of nitrogens with zero attached hydrogens (tertiary/aromatic N) is 1. The molecule has 1 atom stereocenters. The Labute approximate surface area is 102 Å². The maximum Gasteiger partial charge on any atom is 0.329 e. The van der Waals surface area contributed by atoms with Crippen molar-refractivity contribution in [2.24, 2.45) is 0 Å². The number of aliphatic carboxylic acids is 1. The lowest BCUT2D eigenvalue weighted by Crippen LogP contribution is -2.41. The summed E-state index contributed by atoms with van der Waals surface area (Å²) in [5.74, 6) is -1.12. The van der Waals surface area contributed by atoms with E-state index in [1.807, 2.05) is 4.90 Å². The van der Waals surface area contributed by atoms with Gasteiger partial charge < -0.3 is 14.7 Å². The molecule has 0 saturated carbocycles. The number of hydrogen-bond donors (Lipinski definition) is 1. The van der Waals surface area contributed by atoms with E-state index in [9.17, 15) is 9.59 Å². The Bertz CT molecular complexity index is 267. The van der Waals surface area contributed by atoms with E-state index in [-0.39, 0.29) is 12.5 Å². The standard InChI is InChI=1S/C12H21NO4/c1-2-10-6-4-3-5-7-13(10)11(14)8-17-9-12(15)16/h10H,2-9H2,1H3,(H,15,16). The molecule has 0 aliphatic carbocycles. The number of carbonyl (C=O) groups is 2. The molecule has 1 heterocycles. The molecule has 0 aromatic rings. The summed E-state index contributed by atoms with van der Waals surface area (Å²) in [5.41, 5.74) is 0. The lowest BCUT2D eigenvalue weighted by Gasteiger charge is -2.29. The number of amides is 1. The Morgan fingerprint density at radius 3 is 2.71 bits per heavy atom. The maximum atomic E-state index is 11.9. The Hall–Kier alpha value is -1.10. The smallest absolute Gasteiger partial charge is 0.329 e. The quantitative estimate of drug-likeness (QED) is 0.789. The van der Waals surface area contributed by atoms with Crippen LogP contribution in [0, 0.1) is 0 Å². The fourth-order valence-corrected chi connectivity index (χ4v) is 2.24. The molecule has 1 unspecified atom stereocenters. The van der Waals surface area contributed by atoms with Crippen LogP contribution in [0.4, 0.5) is 0 Å². The Morgan fingerprint density at radius 2 is 2.06 bits per heavy atom. The first kappa shape index (κ1) is 14.0. The van der Waals surface area contributed by atoms with Crippen LogP contribution in [0.5, 0.6) is 0 Å². The highest BCUT2D eigenvalue weighted by Gasteiger charge is 2.23. The molecule has 1 N–H and O–H groups in total. The minimum absolute atomic E-state index is 0.0833. The summed E-state index contributed by atoms with van der Waals surface area (Å²) in [7, 11) is 0. The first-order chi connectivity index (χ1) is 8.15. The molecule has 0 aromatic carbocycles. The maximum absolute atomic E-state index is 11.9. The number of carboxylic acids is 1. The van der Waals surface area contributed by atoms with E-state index in [1.54, 1.807) is 0 Å². The Kier molecular flexibility index (Phi) is 5.97. The molecular formula is C12H21NO4. The van der Waals surface area contributed by atoms with Crippen LogP contribution in [0.3, 0.4) is 0 Å². The average molecular weight is 243 g/mol. The summed E-state index contributed by atoms with van der Waals surface area (Å²) < 4.78 is 4.85. The minimum Gasteiger partial charge on any atom is -0.480 e. The lowest BCUT2D eigenvalue weighted by molar-refractivity contribution is -0.146. The van der Waals surface area contributed by atoms with Gasteiger partial charge in [0.2, 0.25) is 5.91 Å². The summed E-state index contributed by atoms with van der Waals surface area (Å²) in [5, 5.41) is 8.43. The third-order valence-corrected chi connectivity index (χ3v) is 3.12. The van der Waals surface area contributed by atoms with Gasteiger partial charge in [-0.1, -0.05) is 19.8 Å². The van der Waals surface area contributed by atoms with Crippen molar-refractivity contribution in [3.63, 3.8) is 0 Å². The van der Waals surface area contributed by atoms with Crippen LogP contribution in [-0.2, 0) is 14.3 Å². The third-order valence-electron chi connectivity index (χ3n) is 3.12. The molecule has 1 rings (SSSR count). The molecule has 0 aromatic heterocycles. The van der Waals surface area contributed by atoms with Gasteiger partial charge >= 0.3 is 5.97 Å². The van der Waals surface area contributed by atoms with Crippen molar-refractivity contribution in [2.75, 3.05) is 19.8 Å². The van der Waals surface area contributed by atoms with Crippen LogP contribution in [0.25, 0.3) is 0 Å². The highest BCUT2D eigenvalue weighted by molar-refractivity contribution is 5.78. The second kappa shape index (κ2) is 7.27. The number of likely N-dealkylation sites (tertiary alicyclic amines) is 1. The van der Waals surface area contributed by atoms with Gasteiger partial charge in [-0.25, -0.2) is 4.79 Å². The van der Waals surface area contributed by atoms with Crippen molar-refractivity contribution in [3.05, 3.63) is 0 Å². The number of rotatable bonds is 5. The van der Waals surface area contributed by atoms with Crippen molar-refractivity contribution in [2.45, 2.75) is 45.1 Å². The fourth-order valence-electron chi connectivity index (χ4n) is 2.24. The predicted octanol–water partition coefficient (Wildman–Crippen LogP) is 1.27. The van der Waals surface area contributed by atoms with Crippen molar-refractivity contribution in [3.8, 4) is 0 Å². The van der Waals surface area contributed by atoms with Gasteiger partial charge in [-0.15, -0.1) is 0 Å². The van der Waals surface area contributed by atoms with Crippen LogP contribution in [0.15, 0.2) is 0 Å². The van der Waals surface area contributed by atoms with Crippen molar-refractivity contribution in [1.82, 2.24) is 4.90 Å². The fraction of sp³-hybridized carbons (Fsp3) is 0.833. The molecule has 1 saturated heterocycles. The van der Waals surface area contributed by atoms with Crippen molar-refractivity contribution >= 4 is 11.9 Å². The summed E-state index contributed by atoms with van der Waals surface area (Å²) in [6.45, 7) is 2.32. The van der Waals surface area contributed by atoms with Gasteiger partial charge in [-0.05, 0) is 19.3 Å². The SMILES string of the molecule is CCC1CCCCCN1C(=O)COCC(=O)O. The molecule has 0 spiro atoms. The largest absolute Gasteiger partial charge is 0.480 e. The second-order valence-electron chi connectivity index (χ2n) is 4.39. The molecule has 5 nitrogen and oxygen atoms in total. The number of hydrogen-bond acceptors (Lipinski definition) is 3. The van der Waals surface area contributed by atoms with Crippen molar-refractivity contribution < 1.29 is 19.4 Å². The second-order valence-corrected chi connectivity index (χ2v) is 4.39. The van der Waals surface area contributed by atoms with Gasteiger partial charge in [0, 0.05) is 12.6 Å². The predicted molar refractivity (Wildman–Crippen MR) is 62.7 cm³/mol. The first-order valence-electron chi connectivity index (χ1n) is 6.24. The molecule has 98 valence electrons. The number of carbonyl (C=O) groups excluding carboxylic acids is 1. The molecular weight excluding hydrogens is 222 g/mol. The van der Waals surface area contributed by atoms with Crippen LogP contribution in [-0.4, -0.2) is 47.7 Å². The highest BCUT2D eigenvalue weighted by atomic mass is 16.5. The van der Waals surface area contributed by atoms with Gasteiger partial charge in [-0.3, -0.25) is 4.79 Å². The van der Waals surface area contributed by atoms with Crippen LogP contribution in [0.1, 0.15) is 39.0 Å². The van der Waals surface area contributed by atoms with E-state index in [2.05, 4.69) is 6.92 Å². The Morgan fingerprint density at radius 1 is 1.29 bits per heavy atom. The first-order valence-corrected chi connectivity index (χ1v) is 6.24. The van der Waals surface area contributed by atoms with Gasteiger partial charge in [0.1, 0.15) is 13.2 Å². The lowest BCUT2D eigenvalue weighted by atomic mass is 10.1. The van der Waals surface area contributed by atoms with E-state index in [0.29, 0.717) is 6.04 Å². The van der Waals surface area contributed by atoms with Gasteiger partial charge in [0.15, 0.2) is 0 Å². The molecule has 0 bridgehead atoms. The van der Waals surface area contributed by atoms with Crippen LogP contribution >= 0.6 is 0 Å². The zero-order valence-corrected chi connectivity index (χ0v) is 10.4. The highest BCUT2D eigenvalue weighted by Crippen LogP contribution is 2.19. The molecule has 1 aliphatic heterocycles. The minimum atomic E-state index is -1.04. The molecule has 1 amide bonds. The normalized spacial score (nSPS) is 21.0. The van der Waals surface area contributed by atoms with E-state index >= 15 is 0 Å². The monoisotopic (exact) mass is 243 g/mol. The van der Waals surface area contributed by atoms with Gasteiger partial charge in [0.25, 0.3) is 0 Å². The van der Waals surface area contributed by atoms with Gasteiger partial charge in [0.05, 0.1) is 0 Å². The summed E-state index contributed by atoms with van der Waals surface area (Å²) in [6, 6.07) is 0.290. The van der Waals surface area contributed by atoms with Crippen LogP contribution in [0.2, 0.25) is 0 Å². The molecule has 1 aliphatic rings. The zero-order chi connectivity index (χ0) is 12.7. The molecule has 0 radical (unpaired) electrons. The molecule has 5 heteroatoms. The topological polar surface area (TPSA) is 66.8 Å². The number of ether oxygens (including phenoxy) is 1. The molecule has 17 heavy (non-hydrogen) atoms. The Balaban J connectivity index is 2.43. The van der Waals surface area contributed by atoms with Crippen molar-refractivity contribution in [1.29, 1.82) is 0 Å². The van der Waals surface area contributed by atoms with E-state index in [4.69, 9.17) is 9.84 Å². The zero-order valence-electron chi connectivity index (χ0n) is 10.4. The van der Waals surface area contributed by atoms with E-state index < -0.39 is 12.6 Å². The van der Waals surface area contributed by atoms with Crippen LogP contribution < -0.4 is 0 Å². The number of carboxylic acid groups (broad SMARTS) is 1. The molecule has 1 fully saturated rings. The van der Waals surface area contributed by atoms with E-state index in [1.165, 1.54) is 0 Å². The summed E-state index contributed by atoms with van der Waals surface area (Å²) in [6.07, 6.45) is 5.35.